The number of carbonyl (C=O) groups is 1. The molecular formula is C24H23NO. The SMILES string of the molecule is CCNC(=O)c1ccc2cc(-c3cccc4c3C3CCC4C3)ccc2c1. The van der Waals surface area contributed by atoms with Gasteiger partial charge in [-0.1, -0.05) is 36.4 Å². The largest absolute Gasteiger partial charge is 0.352 e. The lowest BCUT2D eigenvalue weighted by atomic mass is 9.85. The van der Waals surface area contributed by atoms with E-state index < -0.39 is 0 Å². The average Bonchev–Trinajstić information content (AvgIpc) is 3.30. The van der Waals surface area contributed by atoms with Crippen LogP contribution in [0.5, 0.6) is 0 Å². The Bertz CT molecular complexity index is 1020. The Morgan fingerprint density at radius 2 is 1.81 bits per heavy atom. The van der Waals surface area contributed by atoms with Crippen LogP contribution in [0.3, 0.4) is 0 Å². The fourth-order valence-corrected chi connectivity index (χ4v) is 4.99. The third-order valence-corrected chi connectivity index (χ3v) is 6.17. The minimum absolute atomic E-state index is 0.00428. The van der Waals surface area contributed by atoms with Crippen LogP contribution < -0.4 is 5.32 Å². The molecule has 2 atom stereocenters. The highest BCUT2D eigenvalue weighted by Crippen LogP contribution is 2.55. The first-order valence-electron chi connectivity index (χ1n) is 9.70. The minimum Gasteiger partial charge on any atom is -0.352 e. The van der Waals surface area contributed by atoms with Gasteiger partial charge in [-0.05, 0) is 89.2 Å². The predicted molar refractivity (Wildman–Crippen MR) is 107 cm³/mol. The van der Waals surface area contributed by atoms with E-state index in [2.05, 4.69) is 47.8 Å². The van der Waals surface area contributed by atoms with Crippen LogP contribution in [0.15, 0.2) is 54.6 Å². The van der Waals surface area contributed by atoms with Crippen molar-refractivity contribution in [3.05, 3.63) is 71.3 Å². The van der Waals surface area contributed by atoms with Gasteiger partial charge in [-0.2, -0.15) is 0 Å². The molecule has 2 aliphatic rings. The number of hydrogen-bond acceptors (Lipinski definition) is 1. The second-order valence-electron chi connectivity index (χ2n) is 7.65. The highest BCUT2D eigenvalue weighted by molar-refractivity contribution is 5.99. The van der Waals surface area contributed by atoms with Crippen molar-refractivity contribution in [3.8, 4) is 11.1 Å². The predicted octanol–water partition coefficient (Wildman–Crippen LogP) is 5.62. The summed E-state index contributed by atoms with van der Waals surface area (Å²) in [5, 5.41) is 5.18. The summed E-state index contributed by atoms with van der Waals surface area (Å²) in [5.41, 5.74) is 6.62. The van der Waals surface area contributed by atoms with Gasteiger partial charge in [-0.25, -0.2) is 0 Å². The molecule has 1 amide bonds. The maximum absolute atomic E-state index is 12.1. The lowest BCUT2D eigenvalue weighted by molar-refractivity contribution is 0.0956. The molecule has 0 saturated heterocycles. The van der Waals surface area contributed by atoms with E-state index in [1.807, 2.05) is 19.1 Å². The molecule has 1 fully saturated rings. The molecule has 0 aromatic heterocycles. The molecule has 0 radical (unpaired) electrons. The van der Waals surface area contributed by atoms with E-state index in [0.29, 0.717) is 6.54 Å². The van der Waals surface area contributed by atoms with E-state index >= 15 is 0 Å². The van der Waals surface area contributed by atoms with Crippen LogP contribution in [0.2, 0.25) is 0 Å². The summed E-state index contributed by atoms with van der Waals surface area (Å²) < 4.78 is 0. The van der Waals surface area contributed by atoms with Gasteiger partial charge in [0.25, 0.3) is 5.91 Å². The summed E-state index contributed by atoms with van der Waals surface area (Å²) in [7, 11) is 0. The molecule has 3 aromatic rings. The monoisotopic (exact) mass is 341 g/mol. The highest BCUT2D eigenvalue weighted by atomic mass is 16.1. The van der Waals surface area contributed by atoms with Crippen LogP contribution in [0, 0.1) is 0 Å². The summed E-state index contributed by atoms with van der Waals surface area (Å²) in [6, 6.07) is 19.5. The normalized spacial score (nSPS) is 20.3. The van der Waals surface area contributed by atoms with E-state index in [1.54, 1.807) is 11.1 Å². The molecule has 2 bridgehead atoms. The summed E-state index contributed by atoms with van der Waals surface area (Å²) in [6.07, 6.45) is 4.05. The zero-order valence-electron chi connectivity index (χ0n) is 15.1. The molecule has 2 nitrogen and oxygen atoms in total. The van der Waals surface area contributed by atoms with Gasteiger partial charge in [0.2, 0.25) is 0 Å². The zero-order valence-corrected chi connectivity index (χ0v) is 15.1. The van der Waals surface area contributed by atoms with E-state index in [4.69, 9.17) is 0 Å². The standard InChI is InChI=1S/C24H23NO/c1-2-25-24(26)20-11-7-15-12-17(8-6-16(15)13-20)21-4-3-5-22-18-9-10-19(14-18)23(21)22/h3-8,11-13,18-19H,2,9-10,14H2,1H3,(H,25,26). The Kier molecular flexibility index (Phi) is 3.59. The van der Waals surface area contributed by atoms with Crippen LogP contribution in [0.1, 0.15) is 59.5 Å². The fourth-order valence-electron chi connectivity index (χ4n) is 4.99. The van der Waals surface area contributed by atoms with Gasteiger partial charge in [0, 0.05) is 12.1 Å². The first kappa shape index (κ1) is 15.6. The van der Waals surface area contributed by atoms with Crippen molar-refractivity contribution in [1.29, 1.82) is 0 Å². The molecule has 1 saturated carbocycles. The van der Waals surface area contributed by atoms with Crippen LogP contribution in [0.25, 0.3) is 21.9 Å². The van der Waals surface area contributed by atoms with Crippen molar-refractivity contribution in [2.45, 2.75) is 38.0 Å². The van der Waals surface area contributed by atoms with Crippen LogP contribution in [-0.2, 0) is 0 Å². The molecule has 1 N–H and O–H groups in total. The molecular weight excluding hydrogens is 318 g/mol. The number of carbonyl (C=O) groups excluding carboxylic acids is 1. The van der Waals surface area contributed by atoms with Crippen molar-refractivity contribution in [2.24, 2.45) is 0 Å². The van der Waals surface area contributed by atoms with Crippen molar-refractivity contribution in [1.82, 2.24) is 5.32 Å². The summed E-state index contributed by atoms with van der Waals surface area (Å²) in [6.45, 7) is 2.59. The zero-order chi connectivity index (χ0) is 17.7. The van der Waals surface area contributed by atoms with Gasteiger partial charge in [0.05, 0.1) is 0 Å². The van der Waals surface area contributed by atoms with Crippen molar-refractivity contribution in [2.75, 3.05) is 6.54 Å². The second kappa shape index (κ2) is 5.98. The van der Waals surface area contributed by atoms with Gasteiger partial charge in [0.15, 0.2) is 0 Å². The fraction of sp³-hybridized carbons (Fsp3) is 0.292. The molecule has 2 unspecified atom stereocenters. The van der Waals surface area contributed by atoms with Gasteiger partial charge in [-0.15, -0.1) is 0 Å². The van der Waals surface area contributed by atoms with Gasteiger partial charge in [-0.3, -0.25) is 4.79 Å². The van der Waals surface area contributed by atoms with Crippen molar-refractivity contribution in [3.63, 3.8) is 0 Å². The second-order valence-corrected chi connectivity index (χ2v) is 7.65. The van der Waals surface area contributed by atoms with Crippen molar-refractivity contribution >= 4 is 16.7 Å². The van der Waals surface area contributed by atoms with Crippen LogP contribution >= 0.6 is 0 Å². The Morgan fingerprint density at radius 1 is 1.00 bits per heavy atom. The lowest BCUT2D eigenvalue weighted by Gasteiger charge is -2.19. The molecule has 0 aliphatic heterocycles. The quantitative estimate of drug-likeness (QED) is 0.658. The van der Waals surface area contributed by atoms with Crippen molar-refractivity contribution < 1.29 is 4.79 Å². The van der Waals surface area contributed by atoms with Crippen LogP contribution in [0.4, 0.5) is 0 Å². The first-order chi connectivity index (χ1) is 12.7. The molecule has 3 aromatic carbocycles. The molecule has 2 heteroatoms. The maximum Gasteiger partial charge on any atom is 0.251 e. The lowest BCUT2D eigenvalue weighted by Crippen LogP contribution is -2.22. The van der Waals surface area contributed by atoms with Gasteiger partial charge < -0.3 is 5.32 Å². The highest BCUT2D eigenvalue weighted by Gasteiger charge is 2.38. The Morgan fingerprint density at radius 3 is 2.69 bits per heavy atom. The third kappa shape index (κ3) is 2.36. The average molecular weight is 341 g/mol. The van der Waals surface area contributed by atoms with E-state index in [0.717, 1.165) is 22.8 Å². The van der Waals surface area contributed by atoms with Crippen LogP contribution in [-0.4, -0.2) is 12.5 Å². The molecule has 130 valence electrons. The number of amides is 1. The molecule has 0 heterocycles. The Labute approximate surface area is 154 Å². The topological polar surface area (TPSA) is 29.1 Å². The number of hydrogen-bond donors (Lipinski definition) is 1. The van der Waals surface area contributed by atoms with E-state index in [-0.39, 0.29) is 5.91 Å². The smallest absolute Gasteiger partial charge is 0.251 e. The third-order valence-electron chi connectivity index (χ3n) is 6.17. The minimum atomic E-state index is -0.00428. The van der Waals surface area contributed by atoms with Gasteiger partial charge in [0.1, 0.15) is 0 Å². The first-order valence-corrected chi connectivity index (χ1v) is 9.70. The number of rotatable bonds is 3. The molecule has 0 spiro atoms. The number of fused-ring (bicyclic) bond motifs is 6. The Hall–Kier alpha value is -2.61. The summed E-state index contributed by atoms with van der Waals surface area (Å²) >= 11 is 0. The number of benzene rings is 3. The summed E-state index contributed by atoms with van der Waals surface area (Å²) in [4.78, 5) is 12.1. The maximum atomic E-state index is 12.1. The van der Waals surface area contributed by atoms with E-state index in [1.165, 1.54) is 35.8 Å². The van der Waals surface area contributed by atoms with Gasteiger partial charge >= 0.3 is 0 Å². The molecule has 2 aliphatic carbocycles. The van der Waals surface area contributed by atoms with E-state index in [9.17, 15) is 4.79 Å². The Balaban J connectivity index is 1.58. The number of nitrogens with one attached hydrogen (secondary N) is 1. The summed E-state index contributed by atoms with van der Waals surface area (Å²) in [5.74, 6) is 1.53. The molecule has 5 rings (SSSR count). The molecule has 26 heavy (non-hydrogen) atoms.